The van der Waals surface area contributed by atoms with Crippen molar-refractivity contribution in [1.82, 2.24) is 0 Å². The molecule has 0 unspecified atom stereocenters. The Morgan fingerprint density at radius 1 is 1.36 bits per heavy atom. The third-order valence-corrected chi connectivity index (χ3v) is 3.90. The van der Waals surface area contributed by atoms with Crippen LogP contribution >= 0.6 is 11.8 Å². The Labute approximate surface area is 116 Å². The minimum absolute atomic E-state index is 0. The van der Waals surface area contributed by atoms with E-state index in [-0.39, 0.29) is 24.8 Å². The van der Waals surface area contributed by atoms with Crippen LogP contribution in [-0.2, 0) is 20.4 Å². The number of rotatable bonds is 5. The van der Waals surface area contributed by atoms with Gasteiger partial charge in [0, 0.05) is 0 Å². The minimum atomic E-state index is 0. The van der Waals surface area contributed by atoms with E-state index in [9.17, 15) is 0 Å². The molecule has 0 aliphatic heterocycles. The topological polar surface area (TPSA) is 0 Å². The van der Waals surface area contributed by atoms with E-state index >= 15 is 0 Å². The Balaban J connectivity index is 0. The van der Waals surface area contributed by atoms with Crippen molar-refractivity contribution >= 4 is 11.8 Å². The first kappa shape index (κ1) is 17.5. The fourth-order valence-corrected chi connectivity index (χ4v) is 2.58. The van der Waals surface area contributed by atoms with Gasteiger partial charge in [-0.05, 0) is 0 Å². The van der Waals surface area contributed by atoms with Gasteiger partial charge >= 0.3 is 91.5 Å². The predicted molar refractivity (Wildman–Crippen MR) is 53.0 cm³/mol. The molecular formula is C10H15Cl2STi. The van der Waals surface area contributed by atoms with Crippen LogP contribution in [0, 0.1) is 0 Å². The van der Waals surface area contributed by atoms with Crippen LogP contribution in [0.3, 0.4) is 0 Å². The number of allylic oxidation sites excluding steroid dienone is 4. The number of halogens is 2. The second-order valence-electron chi connectivity index (χ2n) is 2.97. The van der Waals surface area contributed by atoms with Crippen molar-refractivity contribution in [2.75, 3.05) is 11.5 Å². The Morgan fingerprint density at radius 3 is 2.57 bits per heavy atom. The maximum atomic E-state index is 2.29. The van der Waals surface area contributed by atoms with Gasteiger partial charge in [-0.15, -0.1) is 0 Å². The Hall–Kier alpha value is 1.12. The molecule has 79 valence electrons. The normalized spacial score (nSPS) is 13.9. The molecule has 0 aromatic heterocycles. The number of hydrogen-bond acceptors (Lipinski definition) is 1. The molecule has 0 N–H and O–H groups in total. The fourth-order valence-electron chi connectivity index (χ4n) is 1.21. The van der Waals surface area contributed by atoms with Crippen molar-refractivity contribution in [2.45, 2.75) is 26.2 Å². The van der Waals surface area contributed by atoms with Gasteiger partial charge in [-0.1, -0.05) is 0 Å². The Bertz CT molecular complexity index is 202. The molecule has 0 atom stereocenters. The van der Waals surface area contributed by atoms with Gasteiger partial charge in [0.25, 0.3) is 0 Å². The molecule has 0 saturated heterocycles. The maximum Gasteiger partial charge on any atom is -1.00 e. The van der Waals surface area contributed by atoms with E-state index in [0.717, 1.165) is 0 Å². The summed E-state index contributed by atoms with van der Waals surface area (Å²) in [4.78, 5) is 0. The molecule has 0 aromatic rings. The summed E-state index contributed by atoms with van der Waals surface area (Å²) in [5.74, 6) is 2.61. The molecule has 4 heteroatoms. The molecule has 0 heterocycles. The monoisotopic (exact) mass is 285 g/mol. The van der Waals surface area contributed by atoms with Crippen molar-refractivity contribution in [2.24, 2.45) is 0 Å². The van der Waals surface area contributed by atoms with Crippen LogP contribution in [0.5, 0.6) is 0 Å². The van der Waals surface area contributed by atoms with Crippen molar-refractivity contribution < 1.29 is 45.2 Å². The van der Waals surface area contributed by atoms with Gasteiger partial charge in [0.2, 0.25) is 0 Å². The first-order valence-corrected chi connectivity index (χ1v) is 6.46. The molecule has 0 amide bonds. The first-order valence-electron chi connectivity index (χ1n) is 4.52. The average Bonchev–Trinajstić information content (AvgIpc) is 2.46. The summed E-state index contributed by atoms with van der Waals surface area (Å²) in [7, 11) is 0. The third kappa shape index (κ3) is 6.58. The summed E-state index contributed by atoms with van der Waals surface area (Å²) in [5.41, 5.74) is 1.58. The van der Waals surface area contributed by atoms with Gasteiger partial charge in [-0.2, -0.15) is 0 Å². The van der Waals surface area contributed by atoms with Crippen LogP contribution in [0.1, 0.15) is 26.2 Å². The molecule has 0 nitrogen and oxygen atoms in total. The average molecular weight is 286 g/mol. The van der Waals surface area contributed by atoms with E-state index < -0.39 is 0 Å². The standard InChI is InChI=1S/C10H15S.2ClH.Ti/c1-2-8-11-9-7-10-5-3-4-6-10;;;/h3,5H,2,4,7-9H2,1H3;2*1H;/q;;;+2/p-2. The summed E-state index contributed by atoms with van der Waals surface area (Å²) in [6.45, 7) is 2.24. The zero-order chi connectivity index (χ0) is 8.81. The zero-order valence-corrected chi connectivity index (χ0v) is 12.2. The molecule has 0 aromatic carbocycles. The van der Waals surface area contributed by atoms with Crippen molar-refractivity contribution in [3.8, 4) is 0 Å². The molecule has 0 fully saturated rings. The minimum Gasteiger partial charge on any atom is -1.00 e. The number of thioether (sulfide) groups is 1. The molecule has 1 aliphatic rings. The molecule has 0 saturated carbocycles. The van der Waals surface area contributed by atoms with E-state index in [2.05, 4.69) is 51.3 Å². The van der Waals surface area contributed by atoms with Crippen molar-refractivity contribution in [3.05, 3.63) is 21.6 Å². The molecule has 1 rings (SSSR count). The first-order chi connectivity index (χ1) is 5.84. The summed E-state index contributed by atoms with van der Waals surface area (Å²) >= 11 is 4.32. The summed E-state index contributed by atoms with van der Waals surface area (Å²) in [6, 6.07) is 0. The predicted octanol–water partition coefficient (Wildman–Crippen LogP) is -2.71. The third-order valence-electron chi connectivity index (χ3n) is 1.89. The van der Waals surface area contributed by atoms with Crippen LogP contribution in [0.4, 0.5) is 0 Å². The smallest absolute Gasteiger partial charge is 1.00 e. The van der Waals surface area contributed by atoms with Gasteiger partial charge in [0.1, 0.15) is 0 Å². The second kappa shape index (κ2) is 10.6. The maximum absolute atomic E-state index is 2.29. The zero-order valence-electron chi connectivity index (χ0n) is 8.35. The Kier molecular flexibility index (Phi) is 13.3. The Morgan fingerprint density at radius 2 is 2.07 bits per heavy atom. The fraction of sp³-hybridized carbons (Fsp3) is 0.600. The van der Waals surface area contributed by atoms with Crippen LogP contribution in [0.25, 0.3) is 0 Å². The summed E-state index contributed by atoms with van der Waals surface area (Å²) in [6.07, 6.45) is 8.33. The quantitative estimate of drug-likeness (QED) is 0.391. The molecular weight excluding hydrogens is 271 g/mol. The van der Waals surface area contributed by atoms with Gasteiger partial charge in [0.15, 0.2) is 0 Å². The molecule has 14 heavy (non-hydrogen) atoms. The van der Waals surface area contributed by atoms with Crippen molar-refractivity contribution in [3.63, 3.8) is 0 Å². The van der Waals surface area contributed by atoms with Crippen LogP contribution in [0.15, 0.2) is 21.6 Å². The molecule has 0 radical (unpaired) electrons. The largest absolute Gasteiger partial charge is 1.00 e. The molecule has 0 spiro atoms. The SMILES string of the molecule is CCCSCCC1=[C]([Ti+2])CC=C1.[Cl-].[Cl-]. The van der Waals surface area contributed by atoms with Gasteiger partial charge in [-0.3, -0.25) is 0 Å². The second-order valence-corrected chi connectivity index (χ2v) is 5.14. The number of hydrogen-bond donors (Lipinski definition) is 0. The summed E-state index contributed by atoms with van der Waals surface area (Å²) < 4.78 is 1.58. The van der Waals surface area contributed by atoms with Crippen LogP contribution in [0.2, 0.25) is 0 Å². The van der Waals surface area contributed by atoms with E-state index in [0.29, 0.717) is 0 Å². The van der Waals surface area contributed by atoms with Crippen LogP contribution < -0.4 is 24.8 Å². The van der Waals surface area contributed by atoms with E-state index in [1.807, 2.05) is 0 Å². The summed E-state index contributed by atoms with van der Waals surface area (Å²) in [5, 5.41) is 0. The van der Waals surface area contributed by atoms with Gasteiger partial charge in [0.05, 0.1) is 0 Å². The van der Waals surface area contributed by atoms with E-state index in [4.69, 9.17) is 0 Å². The van der Waals surface area contributed by atoms with Crippen molar-refractivity contribution in [1.29, 1.82) is 0 Å². The van der Waals surface area contributed by atoms with E-state index in [1.165, 1.54) is 30.8 Å². The van der Waals surface area contributed by atoms with E-state index in [1.54, 1.807) is 9.45 Å². The van der Waals surface area contributed by atoms with Gasteiger partial charge in [-0.25, -0.2) is 0 Å². The molecule has 1 aliphatic carbocycles. The van der Waals surface area contributed by atoms with Crippen LogP contribution in [-0.4, -0.2) is 11.5 Å². The molecule has 0 bridgehead atoms. The van der Waals surface area contributed by atoms with Gasteiger partial charge < -0.3 is 24.8 Å².